The SMILES string of the molecule is CC1CCC(C2CCC(c3ccc(Cc4cc(N)cc(N)c4)cc3)CC2)CC1.CC1CCC(CCC2CCC(c3ccc(Cc4cc(N)cc(N)c4)cc3)CC2)CC1.CC1CCC(c2ccc(-c3cc(N)cc(N)c3)cc2)CC1. The number of nitrogens with two attached hydrogens (primary N) is 6. The van der Waals surface area contributed by atoms with Gasteiger partial charge in [-0.25, -0.2) is 0 Å². The Labute approximate surface area is 477 Å². The molecule has 422 valence electrons. The summed E-state index contributed by atoms with van der Waals surface area (Å²) in [6.07, 6.45) is 33.2. The first kappa shape index (κ1) is 57.8. The van der Waals surface area contributed by atoms with Crippen LogP contribution in [0.2, 0.25) is 0 Å². The van der Waals surface area contributed by atoms with Crippen LogP contribution < -0.4 is 34.4 Å². The van der Waals surface area contributed by atoms with Gasteiger partial charge in [-0.1, -0.05) is 158 Å². The zero-order valence-electron chi connectivity index (χ0n) is 48.8. The molecule has 6 nitrogen and oxygen atoms in total. The van der Waals surface area contributed by atoms with E-state index < -0.39 is 0 Å². The third-order valence-electron chi connectivity index (χ3n) is 20.0. The standard InChI is InChI=1S/C28H40N2.C26H36N2.C19H24N2/c1-20-2-4-21(5-3-20)6-7-22-8-12-25(13-9-22)26-14-10-23(11-15-26)16-24-17-27(29)19-28(30)18-24;1-18-2-6-21(7-3-18)23-10-12-24(13-11-23)22-8-4-19(5-9-22)14-20-15-25(27)17-26(28)16-20;1-13-2-4-14(5-3-13)15-6-8-16(9-7-15)17-10-18(20)12-19(21)11-17/h10-11,14-15,17-22,25H,2-9,12-13,16,29-30H2,1H3;4-5,8-9,15-18,21,23-24H,2-3,6-7,10-14,27-28H2,1H3;6-14H,2-5,20-21H2,1H3. The van der Waals surface area contributed by atoms with Gasteiger partial charge in [0, 0.05) is 34.1 Å². The zero-order chi connectivity index (χ0) is 55.3. The maximum atomic E-state index is 5.94. The van der Waals surface area contributed by atoms with Crippen LogP contribution in [0, 0.1) is 41.4 Å². The number of nitrogen functional groups attached to an aromatic ring is 6. The lowest BCUT2D eigenvalue weighted by atomic mass is 9.68. The fourth-order valence-electron chi connectivity index (χ4n) is 14.9. The maximum absolute atomic E-state index is 5.94. The monoisotopic (exact) mass is 1060 g/mol. The average molecular weight is 1060 g/mol. The third kappa shape index (κ3) is 17.3. The molecule has 0 radical (unpaired) electrons. The van der Waals surface area contributed by atoms with Crippen molar-refractivity contribution in [3.8, 4) is 11.1 Å². The lowest BCUT2D eigenvalue weighted by molar-refractivity contribution is 0.165. The molecule has 0 bridgehead atoms. The summed E-state index contributed by atoms with van der Waals surface area (Å²) in [4.78, 5) is 0. The van der Waals surface area contributed by atoms with E-state index in [-0.39, 0.29) is 0 Å². The molecule has 12 N–H and O–H groups in total. The van der Waals surface area contributed by atoms with Gasteiger partial charge in [-0.3, -0.25) is 0 Å². The van der Waals surface area contributed by atoms with Crippen LogP contribution in [0.1, 0.15) is 219 Å². The van der Waals surface area contributed by atoms with E-state index in [9.17, 15) is 0 Å². The molecule has 0 aromatic heterocycles. The second-order valence-corrected chi connectivity index (χ2v) is 26.4. The number of anilines is 6. The normalized spacial score (nSPS) is 26.2. The molecule has 6 aromatic rings. The molecule has 6 aromatic carbocycles. The molecule has 11 rings (SSSR count). The summed E-state index contributed by atoms with van der Waals surface area (Å²) in [5.41, 5.74) is 51.8. The Bertz CT molecular complexity index is 2720. The van der Waals surface area contributed by atoms with Crippen molar-refractivity contribution in [3.05, 3.63) is 166 Å². The first-order valence-electron chi connectivity index (χ1n) is 31.5. The highest BCUT2D eigenvalue weighted by Gasteiger charge is 2.31. The molecule has 6 heteroatoms. The van der Waals surface area contributed by atoms with Crippen LogP contribution in [0.15, 0.2) is 127 Å². The highest BCUT2D eigenvalue weighted by molar-refractivity contribution is 5.72. The van der Waals surface area contributed by atoms with Crippen molar-refractivity contribution in [2.24, 2.45) is 41.4 Å². The second kappa shape index (κ2) is 28.0. The topological polar surface area (TPSA) is 156 Å². The van der Waals surface area contributed by atoms with Crippen molar-refractivity contribution in [3.63, 3.8) is 0 Å². The summed E-state index contributed by atoms with van der Waals surface area (Å²) in [7, 11) is 0. The predicted octanol–water partition coefficient (Wildman–Crippen LogP) is 18.7. The molecule has 5 fully saturated rings. The van der Waals surface area contributed by atoms with Crippen LogP contribution >= 0.6 is 0 Å². The molecule has 5 aliphatic rings. The van der Waals surface area contributed by atoms with Gasteiger partial charge >= 0.3 is 0 Å². The average Bonchev–Trinajstić information content (AvgIpc) is 3.44. The lowest BCUT2D eigenvalue weighted by Gasteiger charge is -2.37. The van der Waals surface area contributed by atoms with Crippen molar-refractivity contribution >= 4 is 34.1 Å². The maximum Gasteiger partial charge on any atom is 0.0340 e. The molecule has 0 unspecified atom stereocenters. The molecule has 5 aliphatic carbocycles. The van der Waals surface area contributed by atoms with E-state index in [0.717, 1.165) is 112 Å². The van der Waals surface area contributed by atoms with Crippen molar-refractivity contribution in [1.82, 2.24) is 0 Å². The van der Waals surface area contributed by atoms with E-state index in [0.29, 0.717) is 0 Å². The molecule has 5 saturated carbocycles. The summed E-state index contributed by atoms with van der Waals surface area (Å²) in [5, 5.41) is 0. The third-order valence-corrected chi connectivity index (χ3v) is 20.0. The van der Waals surface area contributed by atoms with Gasteiger partial charge in [0.15, 0.2) is 0 Å². The van der Waals surface area contributed by atoms with Crippen LogP contribution in [0.25, 0.3) is 11.1 Å². The van der Waals surface area contributed by atoms with Gasteiger partial charge in [0.05, 0.1) is 0 Å². The van der Waals surface area contributed by atoms with E-state index in [1.807, 2.05) is 48.5 Å². The minimum absolute atomic E-state index is 0.718. The molecule has 0 heterocycles. The number of rotatable bonds is 12. The highest BCUT2D eigenvalue weighted by atomic mass is 14.6. The minimum atomic E-state index is 0.718. The van der Waals surface area contributed by atoms with Gasteiger partial charge < -0.3 is 34.4 Å². The number of hydrogen-bond acceptors (Lipinski definition) is 6. The largest absolute Gasteiger partial charge is 0.399 e. The molecule has 0 saturated heterocycles. The van der Waals surface area contributed by atoms with Crippen molar-refractivity contribution < 1.29 is 0 Å². The Morgan fingerprint density at radius 3 is 0.937 bits per heavy atom. The van der Waals surface area contributed by atoms with Crippen LogP contribution in [0.4, 0.5) is 34.1 Å². The molecule has 0 amide bonds. The molecule has 79 heavy (non-hydrogen) atoms. The summed E-state index contributed by atoms with van der Waals surface area (Å²) >= 11 is 0. The van der Waals surface area contributed by atoms with Gasteiger partial charge in [0.2, 0.25) is 0 Å². The molecular weight excluding hydrogens is 961 g/mol. The van der Waals surface area contributed by atoms with Crippen LogP contribution in [-0.4, -0.2) is 0 Å². The molecule has 0 aliphatic heterocycles. The van der Waals surface area contributed by atoms with E-state index in [2.05, 4.69) is 93.6 Å². The minimum Gasteiger partial charge on any atom is -0.399 e. The number of benzene rings is 6. The fraction of sp³-hybridized carbons (Fsp3) is 0.507. The smallest absolute Gasteiger partial charge is 0.0340 e. The van der Waals surface area contributed by atoms with Crippen LogP contribution in [-0.2, 0) is 12.8 Å². The summed E-state index contributed by atoms with van der Waals surface area (Å²) in [6.45, 7) is 7.22. The van der Waals surface area contributed by atoms with Crippen LogP contribution in [0.3, 0.4) is 0 Å². The molecule has 0 atom stereocenters. The Kier molecular flexibility index (Phi) is 20.5. The van der Waals surface area contributed by atoms with Gasteiger partial charge in [-0.15, -0.1) is 0 Å². The fourth-order valence-corrected chi connectivity index (χ4v) is 14.9. The van der Waals surface area contributed by atoms with Crippen molar-refractivity contribution in [2.45, 2.75) is 193 Å². The quantitative estimate of drug-likeness (QED) is 0.0670. The Morgan fingerprint density at radius 2 is 0.557 bits per heavy atom. The molecular formula is C73H100N6. The first-order chi connectivity index (χ1) is 38.2. The van der Waals surface area contributed by atoms with Crippen molar-refractivity contribution in [1.29, 1.82) is 0 Å². The Balaban J connectivity index is 0.000000146. The van der Waals surface area contributed by atoms with Gasteiger partial charge in [0.25, 0.3) is 0 Å². The number of hydrogen-bond donors (Lipinski definition) is 6. The Hall–Kier alpha value is -5.88. The van der Waals surface area contributed by atoms with E-state index in [1.165, 1.54) is 186 Å². The predicted molar refractivity (Wildman–Crippen MR) is 341 cm³/mol. The second-order valence-electron chi connectivity index (χ2n) is 26.4. The summed E-state index contributed by atoms with van der Waals surface area (Å²) in [5.74, 6) is 9.13. The van der Waals surface area contributed by atoms with Crippen LogP contribution in [0.5, 0.6) is 0 Å². The van der Waals surface area contributed by atoms with E-state index in [4.69, 9.17) is 34.4 Å². The van der Waals surface area contributed by atoms with Gasteiger partial charge in [-0.2, -0.15) is 0 Å². The first-order valence-corrected chi connectivity index (χ1v) is 31.5. The lowest BCUT2D eigenvalue weighted by Crippen LogP contribution is -2.24. The zero-order valence-corrected chi connectivity index (χ0v) is 48.8. The summed E-state index contributed by atoms with van der Waals surface area (Å²) < 4.78 is 0. The van der Waals surface area contributed by atoms with E-state index >= 15 is 0 Å². The molecule has 0 spiro atoms. The van der Waals surface area contributed by atoms with Crippen molar-refractivity contribution in [2.75, 3.05) is 34.4 Å². The highest BCUT2D eigenvalue weighted by Crippen LogP contribution is 2.45. The summed E-state index contributed by atoms with van der Waals surface area (Å²) in [6, 6.07) is 45.1. The van der Waals surface area contributed by atoms with E-state index in [1.54, 1.807) is 6.07 Å². The van der Waals surface area contributed by atoms with Gasteiger partial charge in [0.1, 0.15) is 0 Å². The Morgan fingerprint density at radius 1 is 0.278 bits per heavy atom. The van der Waals surface area contributed by atoms with Gasteiger partial charge in [-0.05, 0) is 254 Å².